The van der Waals surface area contributed by atoms with Crippen LogP contribution in [0.4, 0.5) is 5.69 Å². The van der Waals surface area contributed by atoms with Crippen molar-refractivity contribution in [3.05, 3.63) is 75.3 Å². The zero-order valence-corrected chi connectivity index (χ0v) is 16.8. The van der Waals surface area contributed by atoms with Crippen molar-refractivity contribution >= 4 is 29.3 Å². The Morgan fingerprint density at radius 1 is 1.14 bits per heavy atom. The predicted octanol–water partition coefficient (Wildman–Crippen LogP) is 2.82. The van der Waals surface area contributed by atoms with Gasteiger partial charge in [-0.25, -0.2) is 4.79 Å². The molecule has 8 nitrogen and oxygen atoms in total. The van der Waals surface area contributed by atoms with Crippen LogP contribution in [0, 0.1) is 10.1 Å². The van der Waals surface area contributed by atoms with Crippen molar-refractivity contribution in [2.24, 2.45) is 0 Å². The molecule has 0 aliphatic rings. The monoisotopic (exact) mass is 417 g/mol. The lowest BCUT2D eigenvalue weighted by atomic mass is 10.1. The Morgan fingerprint density at radius 3 is 2.45 bits per heavy atom. The van der Waals surface area contributed by atoms with Gasteiger partial charge in [-0.3, -0.25) is 14.9 Å². The molecule has 2 rings (SSSR count). The van der Waals surface area contributed by atoms with Crippen molar-refractivity contribution in [1.29, 1.82) is 0 Å². The van der Waals surface area contributed by atoms with Crippen molar-refractivity contribution in [3.8, 4) is 0 Å². The maximum absolute atomic E-state index is 12.4. The molecule has 9 heteroatoms. The number of thioether (sulfide) groups is 1. The molecule has 0 heterocycles. The molecule has 2 aromatic rings. The first-order valence-corrected chi connectivity index (χ1v) is 10.4. The highest BCUT2D eigenvalue weighted by Gasteiger charge is 2.20. The van der Waals surface area contributed by atoms with E-state index in [1.54, 1.807) is 30.3 Å². The van der Waals surface area contributed by atoms with E-state index in [9.17, 15) is 24.8 Å². The van der Waals surface area contributed by atoms with Crippen LogP contribution >= 0.6 is 11.8 Å². The lowest BCUT2D eigenvalue weighted by Crippen LogP contribution is -2.41. The second-order valence-electron chi connectivity index (χ2n) is 6.37. The second-order valence-corrected chi connectivity index (χ2v) is 7.36. The van der Waals surface area contributed by atoms with E-state index in [1.807, 2.05) is 12.3 Å². The van der Waals surface area contributed by atoms with E-state index in [0.29, 0.717) is 30.8 Å². The van der Waals surface area contributed by atoms with E-state index in [0.717, 1.165) is 11.1 Å². The number of hydrogen-bond donors (Lipinski definition) is 3. The zero-order valence-electron chi connectivity index (χ0n) is 16.0. The van der Waals surface area contributed by atoms with Gasteiger partial charge in [0.25, 0.3) is 11.6 Å². The normalized spacial score (nSPS) is 11.6. The van der Waals surface area contributed by atoms with Gasteiger partial charge in [0.05, 0.1) is 4.92 Å². The molecule has 0 aliphatic heterocycles. The lowest BCUT2D eigenvalue weighted by molar-refractivity contribution is -0.384. The number of nitrogens with one attached hydrogen (secondary N) is 2. The number of nitro groups is 1. The van der Waals surface area contributed by atoms with Gasteiger partial charge in [0.15, 0.2) is 0 Å². The van der Waals surface area contributed by atoms with Gasteiger partial charge in [0.1, 0.15) is 6.04 Å². The number of carbonyl (C=O) groups is 2. The largest absolute Gasteiger partial charge is 0.480 e. The van der Waals surface area contributed by atoms with Gasteiger partial charge in [-0.05, 0) is 41.7 Å². The number of carbonyl (C=O) groups excluding carboxylic acids is 1. The number of hydrogen-bond acceptors (Lipinski definition) is 6. The van der Waals surface area contributed by atoms with Gasteiger partial charge >= 0.3 is 5.97 Å². The molecule has 1 amide bonds. The van der Waals surface area contributed by atoms with Gasteiger partial charge in [0, 0.05) is 30.8 Å². The molecule has 0 unspecified atom stereocenters. The molecule has 0 saturated heterocycles. The highest BCUT2D eigenvalue weighted by Crippen LogP contribution is 2.12. The van der Waals surface area contributed by atoms with Gasteiger partial charge < -0.3 is 15.7 Å². The first kappa shape index (κ1) is 22.4. The molecule has 0 aromatic heterocycles. The van der Waals surface area contributed by atoms with Crippen LogP contribution in [0.25, 0.3) is 0 Å². The SMILES string of the molecule is CSCC[C@H](NC(=O)c1cccc(CNCc2ccc([N+](=O)[O-])cc2)c1)C(=O)O. The van der Waals surface area contributed by atoms with Gasteiger partial charge in [0.2, 0.25) is 0 Å². The van der Waals surface area contributed by atoms with Crippen LogP contribution < -0.4 is 10.6 Å². The van der Waals surface area contributed by atoms with Crippen molar-refractivity contribution in [3.63, 3.8) is 0 Å². The Bertz CT molecular complexity index is 857. The van der Waals surface area contributed by atoms with Gasteiger partial charge in [-0.1, -0.05) is 24.3 Å². The van der Waals surface area contributed by atoms with E-state index >= 15 is 0 Å². The molecule has 0 radical (unpaired) electrons. The number of rotatable bonds is 11. The van der Waals surface area contributed by atoms with Crippen LogP contribution in [0.5, 0.6) is 0 Å². The quantitative estimate of drug-likeness (QED) is 0.380. The van der Waals surface area contributed by atoms with Crippen molar-refractivity contribution in [2.45, 2.75) is 25.6 Å². The number of benzene rings is 2. The maximum Gasteiger partial charge on any atom is 0.326 e. The number of non-ortho nitro benzene ring substituents is 1. The Labute approximate surface area is 172 Å². The first-order valence-electron chi connectivity index (χ1n) is 8.96. The Morgan fingerprint density at radius 2 is 1.83 bits per heavy atom. The minimum absolute atomic E-state index is 0.0460. The molecular weight excluding hydrogens is 394 g/mol. The van der Waals surface area contributed by atoms with Crippen molar-refractivity contribution in [1.82, 2.24) is 10.6 Å². The summed E-state index contributed by atoms with van der Waals surface area (Å²) in [6.45, 7) is 1.01. The minimum Gasteiger partial charge on any atom is -0.480 e. The maximum atomic E-state index is 12.4. The standard InChI is InChI=1S/C20H23N3O5S/c1-29-10-9-18(20(25)26)22-19(24)16-4-2-3-15(11-16)13-21-12-14-5-7-17(8-6-14)23(27)28/h2-8,11,18,21H,9-10,12-13H2,1H3,(H,22,24)(H,25,26)/t18-/m0/s1. The van der Waals surface area contributed by atoms with E-state index < -0.39 is 22.8 Å². The summed E-state index contributed by atoms with van der Waals surface area (Å²) in [6, 6.07) is 12.3. The molecule has 0 fully saturated rings. The fourth-order valence-corrected chi connectivity index (χ4v) is 3.12. The average molecular weight is 417 g/mol. The molecule has 29 heavy (non-hydrogen) atoms. The van der Waals surface area contributed by atoms with Crippen LogP contribution in [-0.4, -0.2) is 40.0 Å². The predicted molar refractivity (Wildman–Crippen MR) is 112 cm³/mol. The molecule has 0 spiro atoms. The number of aliphatic carboxylic acids is 1. The molecule has 0 bridgehead atoms. The third-order valence-electron chi connectivity index (χ3n) is 4.21. The summed E-state index contributed by atoms with van der Waals surface area (Å²) in [5.41, 5.74) is 2.22. The summed E-state index contributed by atoms with van der Waals surface area (Å²) in [4.78, 5) is 33.9. The highest BCUT2D eigenvalue weighted by atomic mass is 32.2. The molecule has 0 aliphatic carbocycles. The number of nitro benzene ring substituents is 1. The smallest absolute Gasteiger partial charge is 0.326 e. The summed E-state index contributed by atoms with van der Waals surface area (Å²) in [5, 5.41) is 25.7. The van der Waals surface area contributed by atoms with Crippen LogP contribution in [0.1, 0.15) is 27.9 Å². The van der Waals surface area contributed by atoms with E-state index in [-0.39, 0.29) is 5.69 Å². The van der Waals surface area contributed by atoms with Crippen LogP contribution in [0.2, 0.25) is 0 Å². The van der Waals surface area contributed by atoms with E-state index in [1.165, 1.54) is 23.9 Å². The van der Waals surface area contributed by atoms with Crippen molar-refractivity contribution in [2.75, 3.05) is 12.0 Å². The molecule has 0 saturated carbocycles. The van der Waals surface area contributed by atoms with Crippen molar-refractivity contribution < 1.29 is 19.6 Å². The van der Waals surface area contributed by atoms with Crippen LogP contribution in [-0.2, 0) is 17.9 Å². The fourth-order valence-electron chi connectivity index (χ4n) is 2.64. The van der Waals surface area contributed by atoms with E-state index in [2.05, 4.69) is 10.6 Å². The second kappa shape index (κ2) is 11.2. The first-order chi connectivity index (χ1) is 13.9. The molecule has 2 aromatic carbocycles. The molecule has 3 N–H and O–H groups in total. The van der Waals surface area contributed by atoms with Gasteiger partial charge in [-0.2, -0.15) is 11.8 Å². The third-order valence-corrected chi connectivity index (χ3v) is 4.85. The number of carboxylic acid groups (broad SMARTS) is 1. The molecule has 1 atom stereocenters. The minimum atomic E-state index is -1.05. The highest BCUT2D eigenvalue weighted by molar-refractivity contribution is 7.98. The summed E-state index contributed by atoms with van der Waals surface area (Å²) >= 11 is 1.53. The summed E-state index contributed by atoms with van der Waals surface area (Å²) in [5.74, 6) is -0.826. The summed E-state index contributed by atoms with van der Waals surface area (Å²) < 4.78 is 0. The Kier molecular flexibility index (Phi) is 8.63. The lowest BCUT2D eigenvalue weighted by Gasteiger charge is -2.14. The number of amides is 1. The number of carboxylic acids is 1. The van der Waals surface area contributed by atoms with E-state index in [4.69, 9.17) is 0 Å². The topological polar surface area (TPSA) is 122 Å². The van der Waals surface area contributed by atoms with Crippen LogP contribution in [0.3, 0.4) is 0 Å². The zero-order chi connectivity index (χ0) is 21.2. The number of nitrogens with zero attached hydrogens (tertiary/aromatic N) is 1. The van der Waals surface area contributed by atoms with Gasteiger partial charge in [-0.15, -0.1) is 0 Å². The average Bonchev–Trinajstić information content (AvgIpc) is 2.71. The Hall–Kier alpha value is -2.91. The van der Waals surface area contributed by atoms with Crippen LogP contribution in [0.15, 0.2) is 48.5 Å². The Balaban J connectivity index is 1.91. The summed E-state index contributed by atoms with van der Waals surface area (Å²) in [7, 11) is 0. The molecular formula is C20H23N3O5S. The third kappa shape index (κ3) is 7.20. The molecule has 154 valence electrons. The fraction of sp³-hybridized carbons (Fsp3) is 0.300. The summed E-state index contributed by atoms with van der Waals surface area (Å²) in [6.07, 6.45) is 2.24.